The lowest BCUT2D eigenvalue weighted by Crippen LogP contribution is -2.57. The van der Waals surface area contributed by atoms with Gasteiger partial charge >= 0.3 is 0 Å². The Bertz CT molecular complexity index is 834. The summed E-state index contributed by atoms with van der Waals surface area (Å²) in [5, 5.41) is 20.3. The molecule has 3 atom stereocenters. The van der Waals surface area contributed by atoms with E-state index in [0.717, 1.165) is 25.7 Å². The second-order valence-corrected chi connectivity index (χ2v) is 12.1. The van der Waals surface area contributed by atoms with Crippen LogP contribution in [0, 0.1) is 5.92 Å². The quantitative estimate of drug-likeness (QED) is 0.0413. The highest BCUT2D eigenvalue weighted by Gasteiger charge is 2.29. The number of rotatable bonds is 27. The zero-order valence-corrected chi connectivity index (χ0v) is 27.9. The minimum absolute atomic E-state index is 0.0680. The summed E-state index contributed by atoms with van der Waals surface area (Å²) in [6.45, 7) is 5.67. The Morgan fingerprint density at radius 2 is 1.18 bits per heavy atom. The van der Waals surface area contributed by atoms with Crippen molar-refractivity contribution >= 4 is 29.6 Å². The maximum absolute atomic E-state index is 13.1. The van der Waals surface area contributed by atoms with Crippen molar-refractivity contribution in [2.75, 3.05) is 20.2 Å². The van der Waals surface area contributed by atoms with Gasteiger partial charge in [0.25, 0.3) is 0 Å². The third-order valence-electron chi connectivity index (χ3n) is 7.51. The summed E-state index contributed by atoms with van der Waals surface area (Å²) < 4.78 is 0. The Kier molecular flexibility index (Phi) is 24.8. The first kappa shape index (κ1) is 41.1. The lowest BCUT2D eigenvalue weighted by molar-refractivity contribution is -0.134. The Morgan fingerprint density at radius 1 is 0.682 bits per heavy atom. The number of hydrogen-bond acceptors (Lipinski definition) is 6. The zero-order valence-electron chi connectivity index (χ0n) is 27.9. The van der Waals surface area contributed by atoms with Crippen molar-refractivity contribution in [1.29, 1.82) is 0 Å². The maximum Gasteiger partial charge on any atom is 0.245 e. The first-order valence-electron chi connectivity index (χ1n) is 16.8. The van der Waals surface area contributed by atoms with E-state index in [1.807, 2.05) is 13.8 Å². The molecule has 0 fully saturated rings. The average molecular weight is 626 g/mol. The molecule has 0 saturated heterocycles. The number of carbonyl (C=O) groups is 4. The highest BCUT2D eigenvalue weighted by molar-refractivity contribution is 5.94. The van der Waals surface area contributed by atoms with Crippen molar-refractivity contribution in [3.8, 4) is 0 Å². The third-order valence-corrected chi connectivity index (χ3v) is 7.51. The predicted molar refractivity (Wildman–Crippen MR) is 177 cm³/mol. The zero-order chi connectivity index (χ0) is 33.2. The number of nitrogens with one attached hydrogen (secondary N) is 4. The molecule has 256 valence electrons. The number of nitrogens with two attached hydrogens (primary N) is 2. The van der Waals surface area contributed by atoms with Gasteiger partial charge in [-0.3, -0.25) is 24.2 Å². The molecule has 4 amide bonds. The summed E-state index contributed by atoms with van der Waals surface area (Å²) >= 11 is 0. The van der Waals surface area contributed by atoms with Crippen molar-refractivity contribution in [1.82, 2.24) is 21.3 Å². The number of aliphatic imine (C=N–C) groups is 1. The van der Waals surface area contributed by atoms with Gasteiger partial charge in [0.05, 0.1) is 6.61 Å². The van der Waals surface area contributed by atoms with Crippen LogP contribution >= 0.6 is 0 Å². The highest BCUT2D eigenvalue weighted by Crippen LogP contribution is 2.13. The molecule has 0 spiro atoms. The monoisotopic (exact) mass is 625 g/mol. The van der Waals surface area contributed by atoms with E-state index in [1.165, 1.54) is 64.8 Å². The van der Waals surface area contributed by atoms with Gasteiger partial charge in [0, 0.05) is 20.0 Å². The molecule has 0 aromatic rings. The molecule has 0 aliphatic rings. The molecule has 0 unspecified atom stereocenters. The smallest absolute Gasteiger partial charge is 0.245 e. The molecule has 12 heteroatoms. The summed E-state index contributed by atoms with van der Waals surface area (Å²) in [5.74, 6) is -1.86. The number of unbranched alkanes of at least 4 members (excludes halogenated alkanes) is 12. The number of aliphatic hydroxyl groups is 1. The van der Waals surface area contributed by atoms with Crippen molar-refractivity contribution in [3.05, 3.63) is 0 Å². The van der Waals surface area contributed by atoms with Crippen LogP contribution in [0.3, 0.4) is 0 Å². The maximum atomic E-state index is 13.1. The first-order valence-corrected chi connectivity index (χ1v) is 16.8. The fourth-order valence-corrected chi connectivity index (χ4v) is 4.96. The van der Waals surface area contributed by atoms with Crippen LogP contribution in [-0.4, -0.2) is 73.0 Å². The number of amides is 4. The van der Waals surface area contributed by atoms with Gasteiger partial charge < -0.3 is 37.8 Å². The summed E-state index contributed by atoms with van der Waals surface area (Å²) in [5.41, 5.74) is 10.8. The highest BCUT2D eigenvalue weighted by atomic mass is 16.3. The summed E-state index contributed by atoms with van der Waals surface area (Å²) in [6.07, 6.45) is 17.0. The van der Waals surface area contributed by atoms with E-state index in [-0.39, 0.29) is 36.7 Å². The SMILES string of the molecule is CCCCCCCCCCCCCCCC(=O)N[C@@H](CCCN=C(N)N)C(=O)N[C@@H](CO)C(=O)N[C@@H](CC(C)C)C(=O)NC. The lowest BCUT2D eigenvalue weighted by atomic mass is 10.0. The topological polar surface area (TPSA) is 201 Å². The largest absolute Gasteiger partial charge is 0.394 e. The lowest BCUT2D eigenvalue weighted by Gasteiger charge is -2.24. The standard InChI is InChI=1S/C32H63N7O5/c1-5-6-7-8-9-10-11-12-13-14-15-16-17-20-28(41)37-25(19-18-21-36-32(33)34)30(43)39-27(23-40)31(44)38-26(22-24(2)3)29(42)35-4/h24-27,40H,5-23H2,1-4H3,(H,35,42)(H,37,41)(H,38,44)(H,39,43)(H4,33,34,36)/t25-,26-,27-/m0/s1. The van der Waals surface area contributed by atoms with E-state index in [9.17, 15) is 24.3 Å². The molecule has 0 aromatic carbocycles. The number of guanidine groups is 1. The molecular formula is C32H63N7O5. The molecule has 0 bridgehead atoms. The minimum atomic E-state index is -1.29. The number of nitrogens with zero attached hydrogens (tertiary/aromatic N) is 1. The molecule has 0 heterocycles. The van der Waals surface area contributed by atoms with Crippen molar-refractivity contribution in [3.63, 3.8) is 0 Å². The molecule has 44 heavy (non-hydrogen) atoms. The normalized spacial score (nSPS) is 13.0. The van der Waals surface area contributed by atoms with Gasteiger partial charge in [-0.25, -0.2) is 0 Å². The fraction of sp³-hybridized carbons (Fsp3) is 0.844. The molecule has 0 aliphatic carbocycles. The molecule has 0 rings (SSSR count). The Labute approximate surface area is 265 Å². The van der Waals surface area contributed by atoms with E-state index in [2.05, 4.69) is 33.2 Å². The first-order chi connectivity index (χ1) is 21.0. The van der Waals surface area contributed by atoms with Crippen LogP contribution in [0.15, 0.2) is 4.99 Å². The van der Waals surface area contributed by atoms with Crippen LogP contribution < -0.4 is 32.7 Å². The van der Waals surface area contributed by atoms with Crippen molar-refractivity contribution < 1.29 is 24.3 Å². The van der Waals surface area contributed by atoms with Crippen LogP contribution in [0.25, 0.3) is 0 Å². The van der Waals surface area contributed by atoms with E-state index >= 15 is 0 Å². The summed E-state index contributed by atoms with van der Waals surface area (Å²) in [4.78, 5) is 54.9. The van der Waals surface area contributed by atoms with E-state index in [4.69, 9.17) is 11.5 Å². The van der Waals surface area contributed by atoms with Crippen LogP contribution in [0.4, 0.5) is 0 Å². The van der Waals surface area contributed by atoms with Gasteiger partial charge in [-0.05, 0) is 31.6 Å². The number of hydrogen-bond donors (Lipinski definition) is 7. The average Bonchev–Trinajstić information content (AvgIpc) is 2.98. The second-order valence-electron chi connectivity index (χ2n) is 12.1. The molecular weight excluding hydrogens is 562 g/mol. The minimum Gasteiger partial charge on any atom is -0.394 e. The molecule has 9 N–H and O–H groups in total. The van der Waals surface area contributed by atoms with Gasteiger partial charge in [0.2, 0.25) is 23.6 Å². The van der Waals surface area contributed by atoms with Gasteiger partial charge in [-0.1, -0.05) is 97.8 Å². The second kappa shape index (κ2) is 26.5. The van der Waals surface area contributed by atoms with E-state index in [0.29, 0.717) is 19.3 Å². The summed E-state index contributed by atoms with van der Waals surface area (Å²) in [6, 6.07) is -3.04. The van der Waals surface area contributed by atoms with Gasteiger partial charge in [0.1, 0.15) is 18.1 Å². The Hall–Kier alpha value is -2.89. The molecule has 12 nitrogen and oxygen atoms in total. The third kappa shape index (κ3) is 21.7. The number of likely N-dealkylation sites (N-methyl/N-ethyl adjacent to an activating group) is 1. The Morgan fingerprint density at radius 3 is 1.66 bits per heavy atom. The predicted octanol–water partition coefficient (Wildman–Crippen LogP) is 2.76. The fourth-order valence-electron chi connectivity index (χ4n) is 4.96. The van der Waals surface area contributed by atoms with E-state index < -0.39 is 36.5 Å². The molecule has 0 aromatic heterocycles. The summed E-state index contributed by atoms with van der Waals surface area (Å²) in [7, 11) is 1.47. The van der Waals surface area contributed by atoms with Crippen LogP contribution in [0.1, 0.15) is 130 Å². The molecule has 0 saturated carbocycles. The van der Waals surface area contributed by atoms with E-state index in [1.54, 1.807) is 0 Å². The Balaban J connectivity index is 4.79. The van der Waals surface area contributed by atoms with Crippen molar-refractivity contribution in [2.24, 2.45) is 22.4 Å². The number of aliphatic hydroxyl groups excluding tert-OH is 1. The van der Waals surface area contributed by atoms with Crippen LogP contribution in [-0.2, 0) is 19.2 Å². The van der Waals surface area contributed by atoms with Crippen LogP contribution in [0.2, 0.25) is 0 Å². The molecule has 0 radical (unpaired) electrons. The van der Waals surface area contributed by atoms with Crippen LogP contribution in [0.5, 0.6) is 0 Å². The van der Waals surface area contributed by atoms with Gasteiger partial charge in [0.15, 0.2) is 5.96 Å². The van der Waals surface area contributed by atoms with Gasteiger partial charge in [-0.2, -0.15) is 0 Å². The molecule has 0 aliphatic heterocycles. The number of carbonyl (C=O) groups excluding carboxylic acids is 4. The van der Waals surface area contributed by atoms with Gasteiger partial charge in [-0.15, -0.1) is 0 Å². The van der Waals surface area contributed by atoms with Crippen molar-refractivity contribution in [2.45, 2.75) is 148 Å².